The van der Waals surface area contributed by atoms with Crippen LogP contribution in [0.15, 0.2) is 48.7 Å². The van der Waals surface area contributed by atoms with Gasteiger partial charge in [0.15, 0.2) is 0 Å². The molecule has 0 N–H and O–H groups in total. The van der Waals surface area contributed by atoms with Crippen LogP contribution in [0.1, 0.15) is 11.3 Å². The average Bonchev–Trinajstić information content (AvgIpc) is 3.07. The summed E-state index contributed by atoms with van der Waals surface area (Å²) in [6, 6.07) is 11.2. The van der Waals surface area contributed by atoms with Crippen molar-refractivity contribution >= 4 is 11.3 Å². The first kappa shape index (κ1) is 12.9. The number of hydrogen-bond acceptors (Lipinski definition) is 2. The van der Waals surface area contributed by atoms with Gasteiger partial charge in [-0.25, -0.2) is 13.5 Å². The Morgan fingerprint density at radius 2 is 1.85 bits per heavy atom. The van der Waals surface area contributed by atoms with Crippen LogP contribution in [0.3, 0.4) is 0 Å². The van der Waals surface area contributed by atoms with Crippen molar-refractivity contribution in [3.8, 4) is 16.1 Å². The third-order valence-corrected chi connectivity index (χ3v) is 3.96. The predicted molar refractivity (Wildman–Crippen MR) is 71.8 cm³/mol. The van der Waals surface area contributed by atoms with Crippen LogP contribution < -0.4 is 0 Å². The molecule has 3 rings (SSSR count). The van der Waals surface area contributed by atoms with Crippen molar-refractivity contribution < 1.29 is 13.2 Å². The summed E-state index contributed by atoms with van der Waals surface area (Å²) in [5, 5.41) is 3.91. The van der Waals surface area contributed by atoms with Crippen LogP contribution in [0.2, 0.25) is 0 Å². The van der Waals surface area contributed by atoms with Crippen molar-refractivity contribution in [1.82, 2.24) is 9.78 Å². The molecule has 0 atom stereocenters. The molecule has 1 aromatic carbocycles. The molecule has 0 aliphatic carbocycles. The zero-order valence-corrected chi connectivity index (χ0v) is 10.9. The molecule has 0 aliphatic heterocycles. The zero-order chi connectivity index (χ0) is 14.1. The third kappa shape index (κ3) is 2.22. The second-order valence-corrected chi connectivity index (χ2v) is 5.20. The molecule has 0 saturated carbocycles. The van der Waals surface area contributed by atoms with E-state index in [1.807, 2.05) is 0 Å². The van der Waals surface area contributed by atoms with E-state index in [1.54, 1.807) is 30.3 Å². The van der Waals surface area contributed by atoms with Crippen LogP contribution in [0.5, 0.6) is 0 Å². The van der Waals surface area contributed by atoms with Gasteiger partial charge < -0.3 is 0 Å². The number of hydrogen-bond donors (Lipinski definition) is 0. The number of para-hydroxylation sites is 1. The number of rotatable bonds is 3. The van der Waals surface area contributed by atoms with E-state index in [2.05, 4.69) is 5.10 Å². The highest BCUT2D eigenvalue weighted by Gasteiger charge is 2.15. The second-order valence-electron chi connectivity index (χ2n) is 4.09. The van der Waals surface area contributed by atoms with Gasteiger partial charge in [0.25, 0.3) is 6.43 Å². The van der Waals surface area contributed by atoms with E-state index in [-0.39, 0.29) is 4.88 Å². The summed E-state index contributed by atoms with van der Waals surface area (Å²) < 4.78 is 40.1. The van der Waals surface area contributed by atoms with E-state index in [4.69, 9.17) is 0 Å². The van der Waals surface area contributed by atoms with Crippen LogP contribution in [0, 0.1) is 5.95 Å². The van der Waals surface area contributed by atoms with Gasteiger partial charge in [-0.05, 0) is 18.2 Å². The molecular formula is C14H9F3N2S. The van der Waals surface area contributed by atoms with Crippen molar-refractivity contribution in [3.05, 3.63) is 59.5 Å². The molecule has 0 saturated heterocycles. The standard InChI is InChI=1S/C14H9F3N2S/c15-13-7-8-18-19(13)10-4-2-1-3-9(10)11-5-6-12(20-11)14(16)17/h1-8,14H. The molecule has 0 aliphatic rings. The molecule has 0 bridgehead atoms. The van der Waals surface area contributed by atoms with Crippen molar-refractivity contribution in [1.29, 1.82) is 0 Å². The Morgan fingerprint density at radius 1 is 1.05 bits per heavy atom. The summed E-state index contributed by atoms with van der Waals surface area (Å²) in [7, 11) is 0. The summed E-state index contributed by atoms with van der Waals surface area (Å²) >= 11 is 0.998. The lowest BCUT2D eigenvalue weighted by Crippen LogP contribution is -2.00. The summed E-state index contributed by atoms with van der Waals surface area (Å²) in [6.07, 6.45) is -1.15. The van der Waals surface area contributed by atoms with Gasteiger partial charge in [0.2, 0.25) is 5.95 Å². The number of nitrogens with zero attached hydrogens (tertiary/aromatic N) is 2. The Labute approximate surface area is 117 Å². The fourth-order valence-corrected chi connectivity index (χ4v) is 2.84. The molecule has 20 heavy (non-hydrogen) atoms. The summed E-state index contributed by atoms with van der Waals surface area (Å²) in [5.41, 5.74) is 1.20. The first-order chi connectivity index (χ1) is 9.66. The van der Waals surface area contributed by atoms with Gasteiger partial charge in [0, 0.05) is 16.5 Å². The second kappa shape index (κ2) is 5.13. The highest BCUT2D eigenvalue weighted by atomic mass is 32.1. The third-order valence-electron chi connectivity index (χ3n) is 2.84. The van der Waals surface area contributed by atoms with Gasteiger partial charge in [0.05, 0.1) is 16.8 Å². The molecular weight excluding hydrogens is 285 g/mol. The SMILES string of the molecule is Fc1ccnn1-c1ccccc1-c1ccc(C(F)F)s1. The number of benzene rings is 1. The maximum atomic E-state index is 13.6. The van der Waals surface area contributed by atoms with Crippen molar-refractivity contribution in [2.75, 3.05) is 0 Å². The first-order valence-corrected chi connectivity index (χ1v) is 6.65. The Bertz CT molecular complexity index is 733. The van der Waals surface area contributed by atoms with Crippen molar-refractivity contribution in [3.63, 3.8) is 0 Å². The molecule has 102 valence electrons. The quantitative estimate of drug-likeness (QED) is 0.686. The maximum absolute atomic E-state index is 13.6. The number of aromatic nitrogens is 2. The van der Waals surface area contributed by atoms with E-state index in [0.29, 0.717) is 16.1 Å². The van der Waals surface area contributed by atoms with Crippen LogP contribution in [-0.4, -0.2) is 9.78 Å². The van der Waals surface area contributed by atoms with Crippen molar-refractivity contribution in [2.45, 2.75) is 6.43 Å². The Morgan fingerprint density at radius 3 is 2.50 bits per heavy atom. The van der Waals surface area contributed by atoms with Crippen molar-refractivity contribution in [2.24, 2.45) is 0 Å². The normalized spacial score (nSPS) is 11.2. The molecule has 6 heteroatoms. The van der Waals surface area contributed by atoms with E-state index in [9.17, 15) is 13.2 Å². The van der Waals surface area contributed by atoms with Crippen LogP contribution >= 0.6 is 11.3 Å². The van der Waals surface area contributed by atoms with Gasteiger partial charge in [-0.2, -0.15) is 9.49 Å². The fourth-order valence-electron chi connectivity index (χ4n) is 1.95. The largest absolute Gasteiger partial charge is 0.272 e. The number of alkyl halides is 2. The van der Waals surface area contributed by atoms with E-state index in [0.717, 1.165) is 16.0 Å². The molecule has 0 amide bonds. The molecule has 0 spiro atoms. The molecule has 0 radical (unpaired) electrons. The van der Waals surface area contributed by atoms with Crippen LogP contribution in [0.25, 0.3) is 16.1 Å². The molecule has 0 unspecified atom stereocenters. The summed E-state index contributed by atoms with van der Waals surface area (Å²) in [4.78, 5) is 0.654. The van der Waals surface area contributed by atoms with Crippen LogP contribution in [0.4, 0.5) is 13.2 Å². The minimum atomic E-state index is -2.50. The average molecular weight is 294 g/mol. The summed E-state index contributed by atoms with van der Waals surface area (Å²) in [5.74, 6) is -0.497. The van der Waals surface area contributed by atoms with Gasteiger partial charge in [-0.1, -0.05) is 18.2 Å². The minimum Gasteiger partial charge on any atom is -0.206 e. The molecule has 2 nitrogen and oxygen atoms in total. The zero-order valence-electron chi connectivity index (χ0n) is 10.1. The van der Waals surface area contributed by atoms with E-state index < -0.39 is 12.4 Å². The highest BCUT2D eigenvalue weighted by molar-refractivity contribution is 7.15. The van der Waals surface area contributed by atoms with Gasteiger partial charge in [0.1, 0.15) is 0 Å². The van der Waals surface area contributed by atoms with E-state index >= 15 is 0 Å². The predicted octanol–water partition coefficient (Wildman–Crippen LogP) is 4.68. The maximum Gasteiger partial charge on any atom is 0.272 e. The number of thiophene rings is 1. The lowest BCUT2D eigenvalue weighted by Gasteiger charge is -2.08. The van der Waals surface area contributed by atoms with Gasteiger partial charge >= 0.3 is 0 Å². The first-order valence-electron chi connectivity index (χ1n) is 5.84. The van der Waals surface area contributed by atoms with Gasteiger partial charge in [-0.3, -0.25) is 0 Å². The molecule has 0 fully saturated rings. The summed E-state index contributed by atoms with van der Waals surface area (Å²) in [6.45, 7) is 0. The lowest BCUT2D eigenvalue weighted by atomic mass is 10.1. The lowest BCUT2D eigenvalue weighted by molar-refractivity contribution is 0.155. The smallest absolute Gasteiger partial charge is 0.206 e. The molecule has 3 aromatic rings. The van der Waals surface area contributed by atoms with Gasteiger partial charge in [-0.15, -0.1) is 11.3 Å². The van der Waals surface area contributed by atoms with Crippen LogP contribution in [-0.2, 0) is 0 Å². The Hall–Kier alpha value is -2.08. The minimum absolute atomic E-state index is 0.00394. The Kier molecular flexibility index (Phi) is 3.31. The fraction of sp³-hybridized carbons (Fsp3) is 0.0714. The monoisotopic (exact) mass is 294 g/mol. The topological polar surface area (TPSA) is 17.8 Å². The molecule has 2 aromatic heterocycles. The Balaban J connectivity index is 2.12. The van der Waals surface area contributed by atoms with E-state index in [1.165, 1.54) is 18.3 Å². The molecule has 2 heterocycles. The highest BCUT2D eigenvalue weighted by Crippen LogP contribution is 2.36. The number of halogens is 3.